The molecule has 0 radical (unpaired) electrons. The quantitative estimate of drug-likeness (QED) is 0.551. The van der Waals surface area contributed by atoms with Crippen LogP contribution in [0.25, 0.3) is 10.9 Å². The Morgan fingerprint density at radius 3 is 2.62 bits per heavy atom. The normalized spacial score (nSPS) is 11.9. The van der Waals surface area contributed by atoms with Crippen LogP contribution in [0.1, 0.15) is 17.2 Å². The number of hydrogen-bond donors (Lipinski definition) is 1. The average Bonchev–Trinajstić information content (AvgIpc) is 3.04. The van der Waals surface area contributed by atoms with Crippen molar-refractivity contribution < 1.29 is 14.3 Å². The van der Waals surface area contributed by atoms with Gasteiger partial charge in [-0.1, -0.05) is 43.0 Å². The lowest BCUT2D eigenvalue weighted by Gasteiger charge is -2.15. The molecule has 1 atom stereocenters. The van der Waals surface area contributed by atoms with Crippen molar-refractivity contribution in [3.8, 4) is 5.75 Å². The number of carbonyl (C=O) groups is 1. The summed E-state index contributed by atoms with van der Waals surface area (Å²) < 4.78 is 10.5. The van der Waals surface area contributed by atoms with Crippen molar-refractivity contribution in [2.24, 2.45) is 0 Å². The van der Waals surface area contributed by atoms with Crippen LogP contribution in [0.2, 0.25) is 0 Å². The van der Waals surface area contributed by atoms with E-state index < -0.39 is 5.92 Å². The molecule has 0 aliphatic carbocycles. The highest BCUT2D eigenvalue weighted by Gasteiger charge is 2.26. The molecule has 0 bridgehead atoms. The summed E-state index contributed by atoms with van der Waals surface area (Å²) in [7, 11) is 1.61. The zero-order valence-electron chi connectivity index (χ0n) is 13.5. The number of nitrogens with one attached hydrogen (secondary N) is 1. The number of esters is 1. The van der Waals surface area contributed by atoms with E-state index in [1.165, 1.54) is 0 Å². The standard InChI is InChI=1S/C20H19NO3/c1-3-12-24-20(22)19(14-8-10-16(23-2)11-9-14)18-13-15-6-4-5-7-17(15)21-18/h3-11,13,19,21H,1,12H2,2H3. The first kappa shape index (κ1) is 15.9. The van der Waals surface area contributed by atoms with E-state index in [0.717, 1.165) is 27.9 Å². The van der Waals surface area contributed by atoms with Crippen LogP contribution in [0.3, 0.4) is 0 Å². The largest absolute Gasteiger partial charge is 0.497 e. The van der Waals surface area contributed by atoms with E-state index in [-0.39, 0.29) is 12.6 Å². The summed E-state index contributed by atoms with van der Waals surface area (Å²) in [5, 5.41) is 1.06. The smallest absolute Gasteiger partial charge is 0.319 e. The van der Waals surface area contributed by atoms with Crippen molar-refractivity contribution in [2.45, 2.75) is 5.92 Å². The summed E-state index contributed by atoms with van der Waals surface area (Å²) in [6, 6.07) is 17.3. The number of hydrogen-bond acceptors (Lipinski definition) is 3. The molecule has 0 aliphatic rings. The number of methoxy groups -OCH3 is 1. The summed E-state index contributed by atoms with van der Waals surface area (Å²) in [6.45, 7) is 3.78. The third kappa shape index (κ3) is 3.18. The van der Waals surface area contributed by atoms with E-state index in [1.807, 2.05) is 54.6 Å². The maximum atomic E-state index is 12.6. The van der Waals surface area contributed by atoms with Crippen LogP contribution in [-0.4, -0.2) is 24.7 Å². The molecule has 1 N–H and O–H groups in total. The second-order valence-corrected chi connectivity index (χ2v) is 5.44. The van der Waals surface area contributed by atoms with Gasteiger partial charge in [-0.15, -0.1) is 0 Å². The molecule has 3 rings (SSSR count). The molecule has 2 aromatic carbocycles. The van der Waals surface area contributed by atoms with Crippen LogP contribution in [0.15, 0.2) is 67.3 Å². The van der Waals surface area contributed by atoms with Crippen LogP contribution >= 0.6 is 0 Å². The van der Waals surface area contributed by atoms with Gasteiger partial charge in [0.2, 0.25) is 0 Å². The van der Waals surface area contributed by atoms with Crippen molar-refractivity contribution in [3.05, 3.63) is 78.5 Å². The van der Waals surface area contributed by atoms with Crippen LogP contribution in [0.5, 0.6) is 5.75 Å². The fourth-order valence-electron chi connectivity index (χ4n) is 2.71. The summed E-state index contributed by atoms with van der Waals surface area (Å²) in [6.07, 6.45) is 1.56. The Morgan fingerprint density at radius 1 is 1.21 bits per heavy atom. The van der Waals surface area contributed by atoms with Gasteiger partial charge in [-0.05, 0) is 35.2 Å². The van der Waals surface area contributed by atoms with Gasteiger partial charge in [0.25, 0.3) is 0 Å². The van der Waals surface area contributed by atoms with Gasteiger partial charge in [-0.2, -0.15) is 0 Å². The molecule has 0 spiro atoms. The van der Waals surface area contributed by atoms with Gasteiger partial charge >= 0.3 is 5.97 Å². The first-order valence-electron chi connectivity index (χ1n) is 7.72. The number of aromatic nitrogens is 1. The Hall–Kier alpha value is -3.01. The van der Waals surface area contributed by atoms with Gasteiger partial charge in [0.05, 0.1) is 7.11 Å². The first-order valence-corrected chi connectivity index (χ1v) is 7.72. The van der Waals surface area contributed by atoms with Crippen molar-refractivity contribution >= 4 is 16.9 Å². The van der Waals surface area contributed by atoms with Gasteiger partial charge in [-0.25, -0.2) is 0 Å². The van der Waals surface area contributed by atoms with Crippen molar-refractivity contribution in [1.29, 1.82) is 0 Å². The number of H-pyrrole nitrogens is 1. The van der Waals surface area contributed by atoms with Crippen molar-refractivity contribution in [3.63, 3.8) is 0 Å². The van der Waals surface area contributed by atoms with Crippen molar-refractivity contribution in [2.75, 3.05) is 13.7 Å². The molecule has 0 fully saturated rings. The Bertz CT molecular complexity index is 816. The van der Waals surface area contributed by atoms with E-state index in [4.69, 9.17) is 9.47 Å². The Morgan fingerprint density at radius 2 is 1.96 bits per heavy atom. The predicted octanol–water partition coefficient (Wildman–Crippen LogP) is 4.04. The fourth-order valence-corrected chi connectivity index (χ4v) is 2.71. The molecular weight excluding hydrogens is 302 g/mol. The minimum atomic E-state index is -0.525. The lowest BCUT2D eigenvalue weighted by Crippen LogP contribution is -2.17. The number of fused-ring (bicyclic) bond motifs is 1. The summed E-state index contributed by atoms with van der Waals surface area (Å²) in [5.41, 5.74) is 2.63. The molecule has 4 heteroatoms. The Kier molecular flexibility index (Phi) is 4.66. The number of aromatic amines is 1. The van der Waals surface area contributed by atoms with E-state index >= 15 is 0 Å². The van der Waals surface area contributed by atoms with Gasteiger partial charge in [0.1, 0.15) is 18.3 Å². The van der Waals surface area contributed by atoms with Gasteiger partial charge in [-0.3, -0.25) is 4.79 Å². The number of benzene rings is 2. The fraction of sp³-hybridized carbons (Fsp3) is 0.150. The third-order valence-corrected chi connectivity index (χ3v) is 3.89. The molecule has 122 valence electrons. The molecule has 0 amide bonds. The summed E-state index contributed by atoms with van der Waals surface area (Å²) in [4.78, 5) is 15.9. The van der Waals surface area contributed by atoms with E-state index in [0.29, 0.717) is 0 Å². The molecule has 1 unspecified atom stereocenters. The number of carbonyl (C=O) groups excluding carboxylic acids is 1. The monoisotopic (exact) mass is 321 g/mol. The summed E-state index contributed by atoms with van der Waals surface area (Å²) in [5.74, 6) is -0.0940. The van der Waals surface area contributed by atoms with Gasteiger partial charge in [0, 0.05) is 11.2 Å². The number of rotatable bonds is 6. The molecule has 0 saturated heterocycles. The molecule has 1 aromatic heterocycles. The maximum absolute atomic E-state index is 12.6. The highest BCUT2D eigenvalue weighted by atomic mass is 16.5. The molecule has 0 aliphatic heterocycles. The minimum Gasteiger partial charge on any atom is -0.497 e. The Balaban J connectivity index is 2.02. The SMILES string of the molecule is C=CCOC(=O)C(c1ccc(OC)cc1)c1cc2ccccc2[nH]1. The van der Waals surface area contributed by atoms with Crippen molar-refractivity contribution in [1.82, 2.24) is 4.98 Å². The lowest BCUT2D eigenvalue weighted by molar-refractivity contribution is -0.143. The van der Waals surface area contributed by atoms with Crippen LogP contribution in [0, 0.1) is 0 Å². The number of para-hydroxylation sites is 1. The van der Waals surface area contributed by atoms with Gasteiger partial charge < -0.3 is 14.5 Å². The lowest BCUT2D eigenvalue weighted by atomic mass is 9.95. The highest BCUT2D eigenvalue weighted by molar-refractivity contribution is 5.86. The maximum Gasteiger partial charge on any atom is 0.319 e. The predicted molar refractivity (Wildman–Crippen MR) is 94.3 cm³/mol. The van der Waals surface area contributed by atoms with Crippen LogP contribution in [0.4, 0.5) is 0 Å². The van der Waals surface area contributed by atoms with E-state index in [2.05, 4.69) is 11.6 Å². The first-order chi connectivity index (χ1) is 11.7. The molecule has 0 saturated carbocycles. The van der Waals surface area contributed by atoms with E-state index in [1.54, 1.807) is 13.2 Å². The molecule has 4 nitrogen and oxygen atoms in total. The molecule has 1 heterocycles. The zero-order chi connectivity index (χ0) is 16.9. The second-order valence-electron chi connectivity index (χ2n) is 5.44. The van der Waals surface area contributed by atoms with Crippen LogP contribution < -0.4 is 4.74 Å². The average molecular weight is 321 g/mol. The minimum absolute atomic E-state index is 0.186. The number of ether oxygens (including phenoxy) is 2. The third-order valence-electron chi connectivity index (χ3n) is 3.89. The zero-order valence-corrected chi connectivity index (χ0v) is 13.5. The summed E-state index contributed by atoms with van der Waals surface area (Å²) >= 11 is 0. The highest BCUT2D eigenvalue weighted by Crippen LogP contribution is 2.29. The van der Waals surface area contributed by atoms with Gasteiger partial charge in [0.15, 0.2) is 0 Å². The topological polar surface area (TPSA) is 51.3 Å². The molecule has 24 heavy (non-hydrogen) atoms. The van der Waals surface area contributed by atoms with E-state index in [9.17, 15) is 4.79 Å². The molecule has 3 aromatic rings. The Labute approximate surface area is 140 Å². The second kappa shape index (κ2) is 7.04. The molecular formula is C20H19NO3. The van der Waals surface area contributed by atoms with Crippen LogP contribution in [-0.2, 0) is 9.53 Å².